The van der Waals surface area contributed by atoms with Gasteiger partial charge >= 0.3 is 5.97 Å². The lowest BCUT2D eigenvalue weighted by Crippen LogP contribution is -2.31. The molecule has 1 amide bonds. The van der Waals surface area contributed by atoms with Gasteiger partial charge in [-0.1, -0.05) is 42.5 Å². The molecule has 0 fully saturated rings. The second-order valence-electron chi connectivity index (χ2n) is 6.88. The van der Waals surface area contributed by atoms with Gasteiger partial charge < -0.3 is 15.0 Å². The molecule has 0 saturated heterocycles. The van der Waals surface area contributed by atoms with Crippen molar-refractivity contribution >= 4 is 28.3 Å². The topological polar surface area (TPSA) is 58.6 Å². The van der Waals surface area contributed by atoms with Crippen LogP contribution in [0.5, 0.6) is 0 Å². The minimum absolute atomic E-state index is 0.198. The molecular weight excluding hydrogens is 352 g/mol. The van der Waals surface area contributed by atoms with Crippen molar-refractivity contribution in [3.63, 3.8) is 0 Å². The number of rotatable bonds is 6. The number of hydrogen-bond acceptors (Lipinski definition) is 4. The van der Waals surface area contributed by atoms with Crippen LogP contribution in [-0.4, -0.2) is 32.6 Å². The summed E-state index contributed by atoms with van der Waals surface area (Å²) >= 11 is 0. The third kappa shape index (κ3) is 4.49. The van der Waals surface area contributed by atoms with E-state index in [1.54, 1.807) is 12.1 Å². The van der Waals surface area contributed by atoms with Gasteiger partial charge in [0.2, 0.25) is 0 Å². The Morgan fingerprint density at radius 3 is 2.36 bits per heavy atom. The molecule has 144 valence electrons. The van der Waals surface area contributed by atoms with E-state index >= 15 is 0 Å². The van der Waals surface area contributed by atoms with Crippen molar-refractivity contribution in [3.8, 4) is 0 Å². The molecular formula is C23H24N2O3. The van der Waals surface area contributed by atoms with Crippen molar-refractivity contribution in [1.82, 2.24) is 5.32 Å². The highest BCUT2D eigenvalue weighted by Gasteiger charge is 2.15. The second-order valence-corrected chi connectivity index (χ2v) is 6.88. The largest absolute Gasteiger partial charge is 0.452 e. The first kappa shape index (κ1) is 19.4. The zero-order valence-electron chi connectivity index (χ0n) is 16.3. The van der Waals surface area contributed by atoms with Crippen LogP contribution in [0, 0.1) is 0 Å². The predicted octanol–water partition coefficient (Wildman–Crippen LogP) is 3.94. The summed E-state index contributed by atoms with van der Waals surface area (Å²) in [6, 6.07) is 20.9. The van der Waals surface area contributed by atoms with E-state index in [0.29, 0.717) is 5.56 Å². The maximum atomic E-state index is 12.2. The fourth-order valence-electron chi connectivity index (χ4n) is 3.10. The monoisotopic (exact) mass is 376 g/mol. The number of nitrogens with zero attached hydrogens (tertiary/aromatic N) is 1. The molecule has 0 spiro atoms. The number of benzene rings is 3. The van der Waals surface area contributed by atoms with Crippen LogP contribution in [0.3, 0.4) is 0 Å². The number of amides is 1. The molecule has 0 aromatic heterocycles. The van der Waals surface area contributed by atoms with Crippen molar-refractivity contribution in [3.05, 3.63) is 77.9 Å². The van der Waals surface area contributed by atoms with Gasteiger partial charge in [-0.2, -0.15) is 0 Å². The first-order chi connectivity index (χ1) is 13.5. The smallest absolute Gasteiger partial charge is 0.338 e. The summed E-state index contributed by atoms with van der Waals surface area (Å²) in [6.45, 7) is 1.60. The number of hydrogen-bond donors (Lipinski definition) is 1. The fraction of sp³-hybridized carbons (Fsp3) is 0.217. The lowest BCUT2D eigenvalue weighted by molar-refractivity contribution is -0.124. The Hall–Kier alpha value is -3.34. The number of carbonyl (C=O) groups is 2. The quantitative estimate of drug-likeness (QED) is 0.662. The fourth-order valence-corrected chi connectivity index (χ4v) is 3.10. The van der Waals surface area contributed by atoms with Gasteiger partial charge in [0.15, 0.2) is 6.61 Å². The summed E-state index contributed by atoms with van der Waals surface area (Å²) in [4.78, 5) is 26.3. The van der Waals surface area contributed by atoms with Gasteiger partial charge in [-0.15, -0.1) is 0 Å². The third-order valence-electron chi connectivity index (χ3n) is 4.62. The number of carbonyl (C=O) groups excluding carboxylic acids is 2. The average Bonchev–Trinajstić information content (AvgIpc) is 2.71. The van der Waals surface area contributed by atoms with Gasteiger partial charge in [0, 0.05) is 19.8 Å². The van der Waals surface area contributed by atoms with Crippen LogP contribution < -0.4 is 10.2 Å². The lowest BCUT2D eigenvalue weighted by Gasteiger charge is -2.17. The molecule has 0 saturated carbocycles. The van der Waals surface area contributed by atoms with E-state index in [0.717, 1.165) is 22.0 Å². The summed E-state index contributed by atoms with van der Waals surface area (Å²) in [5.74, 6) is -0.850. The van der Waals surface area contributed by atoms with Gasteiger partial charge in [-0.05, 0) is 47.5 Å². The molecule has 5 heteroatoms. The van der Waals surface area contributed by atoms with Gasteiger partial charge in [0.05, 0.1) is 11.6 Å². The Morgan fingerprint density at radius 2 is 1.64 bits per heavy atom. The van der Waals surface area contributed by atoms with E-state index in [1.165, 1.54) is 0 Å². The second kappa shape index (κ2) is 8.57. The molecule has 3 aromatic rings. The molecule has 0 unspecified atom stereocenters. The molecule has 0 aliphatic carbocycles. The molecule has 1 N–H and O–H groups in total. The van der Waals surface area contributed by atoms with E-state index in [2.05, 4.69) is 5.32 Å². The number of fused-ring (bicyclic) bond motifs is 1. The zero-order valence-corrected chi connectivity index (χ0v) is 16.3. The van der Waals surface area contributed by atoms with Crippen LogP contribution in [-0.2, 0) is 9.53 Å². The Labute approximate surface area is 164 Å². The maximum absolute atomic E-state index is 12.2. The van der Waals surface area contributed by atoms with Crippen LogP contribution in [0.1, 0.15) is 28.9 Å². The molecule has 3 rings (SSSR count). The molecule has 0 radical (unpaired) electrons. The lowest BCUT2D eigenvalue weighted by atomic mass is 10.00. The van der Waals surface area contributed by atoms with Gasteiger partial charge in [-0.25, -0.2) is 4.79 Å². The van der Waals surface area contributed by atoms with E-state index in [-0.39, 0.29) is 18.6 Å². The van der Waals surface area contributed by atoms with Crippen molar-refractivity contribution in [2.45, 2.75) is 13.0 Å². The molecule has 0 aliphatic rings. The summed E-state index contributed by atoms with van der Waals surface area (Å²) < 4.78 is 5.15. The summed E-state index contributed by atoms with van der Waals surface area (Å²) in [5, 5.41) is 5.11. The Bertz CT molecular complexity index is 975. The molecule has 1 atom stereocenters. The molecule has 3 aromatic carbocycles. The Kier molecular flexibility index (Phi) is 5.94. The summed E-state index contributed by atoms with van der Waals surface area (Å²) in [5.41, 5.74) is 2.43. The first-order valence-corrected chi connectivity index (χ1v) is 9.17. The molecule has 28 heavy (non-hydrogen) atoms. The van der Waals surface area contributed by atoms with Gasteiger partial charge in [0.25, 0.3) is 5.91 Å². The van der Waals surface area contributed by atoms with Gasteiger partial charge in [0.1, 0.15) is 0 Å². The Morgan fingerprint density at radius 1 is 0.964 bits per heavy atom. The van der Waals surface area contributed by atoms with Crippen LogP contribution in [0.4, 0.5) is 5.69 Å². The SMILES string of the molecule is C[C@@H](NC(=O)COC(=O)c1ccc(N(C)C)cc1)c1cccc2ccccc12. The van der Waals surface area contributed by atoms with Crippen LogP contribution in [0.15, 0.2) is 66.7 Å². The number of nitrogens with one attached hydrogen (secondary N) is 1. The van der Waals surface area contributed by atoms with E-state index < -0.39 is 5.97 Å². The standard InChI is InChI=1S/C23H24N2O3/c1-16(20-10-6-8-17-7-4-5-9-21(17)20)24-22(26)15-28-23(27)18-11-13-19(14-12-18)25(2)3/h4-14,16H,15H2,1-3H3,(H,24,26)/t16-/m1/s1. The minimum atomic E-state index is -0.515. The normalized spacial score (nSPS) is 11.7. The highest BCUT2D eigenvalue weighted by atomic mass is 16.5. The highest BCUT2D eigenvalue weighted by Crippen LogP contribution is 2.24. The average molecular weight is 376 g/mol. The number of esters is 1. The Balaban J connectivity index is 1.58. The number of anilines is 1. The predicted molar refractivity (Wildman–Crippen MR) is 112 cm³/mol. The molecule has 0 heterocycles. The van der Waals surface area contributed by atoms with Crippen molar-refractivity contribution < 1.29 is 14.3 Å². The van der Waals surface area contributed by atoms with E-state index in [1.807, 2.05) is 80.5 Å². The van der Waals surface area contributed by atoms with Crippen LogP contribution in [0.25, 0.3) is 10.8 Å². The molecule has 0 bridgehead atoms. The summed E-state index contributed by atoms with van der Waals surface area (Å²) in [7, 11) is 3.85. The van der Waals surface area contributed by atoms with Crippen molar-refractivity contribution in [2.24, 2.45) is 0 Å². The molecule has 5 nitrogen and oxygen atoms in total. The number of ether oxygens (including phenoxy) is 1. The zero-order chi connectivity index (χ0) is 20.1. The van der Waals surface area contributed by atoms with Crippen LogP contribution >= 0.6 is 0 Å². The third-order valence-corrected chi connectivity index (χ3v) is 4.62. The molecule has 0 aliphatic heterocycles. The minimum Gasteiger partial charge on any atom is -0.452 e. The van der Waals surface area contributed by atoms with Crippen molar-refractivity contribution in [2.75, 3.05) is 25.6 Å². The van der Waals surface area contributed by atoms with Gasteiger partial charge in [-0.3, -0.25) is 4.79 Å². The van der Waals surface area contributed by atoms with E-state index in [9.17, 15) is 9.59 Å². The summed E-state index contributed by atoms with van der Waals surface area (Å²) in [6.07, 6.45) is 0. The van der Waals surface area contributed by atoms with Crippen LogP contribution in [0.2, 0.25) is 0 Å². The van der Waals surface area contributed by atoms with Crippen molar-refractivity contribution in [1.29, 1.82) is 0 Å². The maximum Gasteiger partial charge on any atom is 0.338 e. The first-order valence-electron chi connectivity index (χ1n) is 9.17. The van der Waals surface area contributed by atoms with E-state index in [4.69, 9.17) is 4.74 Å². The highest BCUT2D eigenvalue weighted by molar-refractivity contribution is 5.92.